The van der Waals surface area contributed by atoms with E-state index in [1.165, 1.54) is 6.92 Å². The van der Waals surface area contributed by atoms with Crippen LogP contribution in [0.3, 0.4) is 0 Å². The first-order valence-electron chi connectivity index (χ1n) is 10.5. The molecule has 0 aromatic heterocycles. The number of rotatable bonds is 5. The maximum atomic E-state index is 9.60. The highest BCUT2D eigenvalue weighted by Gasteiger charge is 2.13. The van der Waals surface area contributed by atoms with Gasteiger partial charge < -0.3 is 20.1 Å². The molecule has 0 atom stereocenters. The number of ether oxygens (including phenoxy) is 1. The Hall–Kier alpha value is -2.44. The first-order valence-corrected chi connectivity index (χ1v) is 10.5. The van der Waals surface area contributed by atoms with E-state index in [0.717, 1.165) is 43.3 Å². The average Bonchev–Trinajstić information content (AvgIpc) is 2.75. The summed E-state index contributed by atoms with van der Waals surface area (Å²) in [6.45, 7) is 27.3. The first-order chi connectivity index (χ1) is 14.6. The lowest BCUT2D eigenvalue weighted by atomic mass is 10.2. The number of aliphatic carboxylic acids is 1. The first kappa shape index (κ1) is 36.0. The van der Waals surface area contributed by atoms with E-state index >= 15 is 0 Å². The van der Waals surface area contributed by atoms with Gasteiger partial charge in [-0.3, -0.25) is 0 Å². The van der Waals surface area contributed by atoms with Crippen LogP contribution in [0.15, 0.2) is 65.5 Å². The largest absolute Gasteiger partial charge is 0.478 e. The average molecular weight is 438 g/mol. The molecule has 1 fully saturated rings. The summed E-state index contributed by atoms with van der Waals surface area (Å²) in [6.07, 6.45) is 7.61. The van der Waals surface area contributed by atoms with Crippen molar-refractivity contribution in [2.24, 2.45) is 4.99 Å². The summed E-state index contributed by atoms with van der Waals surface area (Å²) in [5, 5.41) is 10.6. The molecule has 0 amide bonds. The zero-order valence-electron chi connectivity index (χ0n) is 21.4. The summed E-state index contributed by atoms with van der Waals surface area (Å²) in [5.41, 5.74) is 2.40. The number of nitrogens with one attached hydrogen (secondary N) is 1. The van der Waals surface area contributed by atoms with Gasteiger partial charge in [0, 0.05) is 24.9 Å². The molecule has 0 saturated carbocycles. The molecule has 1 heterocycles. The highest BCUT2D eigenvalue weighted by Crippen LogP contribution is 2.14. The SMILES string of the molecule is C=C(C)/C=C\C.C=C(C)C(=O)O.C=C/C(C)=C(\N=C/C)N1CCOCC1.CC.CNC. The molecule has 0 unspecified atom stereocenters. The Bertz CT molecular complexity index is 559. The molecule has 31 heavy (non-hydrogen) atoms. The third-order valence-electron chi connectivity index (χ3n) is 3.04. The molecule has 1 aliphatic rings. The predicted molar refractivity (Wildman–Crippen MR) is 138 cm³/mol. The van der Waals surface area contributed by atoms with E-state index < -0.39 is 5.97 Å². The normalized spacial score (nSPS) is 13.0. The van der Waals surface area contributed by atoms with E-state index in [1.54, 1.807) is 0 Å². The van der Waals surface area contributed by atoms with Crippen LogP contribution in [0.25, 0.3) is 0 Å². The van der Waals surface area contributed by atoms with Crippen molar-refractivity contribution in [3.05, 3.63) is 60.5 Å². The summed E-state index contributed by atoms with van der Waals surface area (Å²) in [4.78, 5) is 16.2. The molecule has 0 aromatic rings. The second-order valence-corrected chi connectivity index (χ2v) is 6.13. The highest BCUT2D eigenvalue weighted by molar-refractivity contribution is 5.84. The number of hydrogen-bond acceptors (Lipinski definition) is 5. The molecule has 1 saturated heterocycles. The maximum Gasteiger partial charge on any atom is 0.330 e. The molecule has 0 bridgehead atoms. The van der Waals surface area contributed by atoms with E-state index in [9.17, 15) is 4.79 Å². The van der Waals surface area contributed by atoms with Crippen molar-refractivity contribution in [2.75, 3.05) is 40.4 Å². The van der Waals surface area contributed by atoms with Crippen LogP contribution in [0.4, 0.5) is 0 Å². The summed E-state index contributed by atoms with van der Waals surface area (Å²) in [5.74, 6) is 0.0841. The van der Waals surface area contributed by atoms with Gasteiger partial charge in [-0.2, -0.15) is 0 Å². The van der Waals surface area contributed by atoms with Gasteiger partial charge in [0.25, 0.3) is 0 Å². The van der Waals surface area contributed by atoms with Gasteiger partial charge in [-0.25, -0.2) is 9.79 Å². The van der Waals surface area contributed by atoms with Gasteiger partial charge >= 0.3 is 5.97 Å². The van der Waals surface area contributed by atoms with Gasteiger partial charge in [-0.15, -0.1) is 0 Å². The number of morpholine rings is 1. The summed E-state index contributed by atoms with van der Waals surface area (Å²) in [7, 11) is 3.75. The standard InChI is InChI=1S/C11H18N2O.C6H10.C4H6O2.C2H7N.C2H6/c1-4-10(3)11(12-5-2)13-6-8-14-9-7-13;1-4-5-6(2)3;1-3(2)4(5)6;1-3-2;1-2/h4-5H,1,6-9H2,2-3H3;4-5H,2H2,1,3H3;1H2,2H3,(H,5,6);3H,1-2H3;1-2H3/b11-10+,12-5-;5-4-;;;. The lowest BCUT2D eigenvalue weighted by molar-refractivity contribution is -0.132. The fraction of sp³-hybridized carbons (Fsp3) is 0.520. The van der Waals surface area contributed by atoms with Crippen molar-refractivity contribution < 1.29 is 14.6 Å². The van der Waals surface area contributed by atoms with Crippen molar-refractivity contribution in [1.29, 1.82) is 0 Å². The maximum absolute atomic E-state index is 9.60. The molecule has 6 heteroatoms. The fourth-order valence-corrected chi connectivity index (χ4v) is 1.71. The van der Waals surface area contributed by atoms with Crippen LogP contribution < -0.4 is 5.32 Å². The molecule has 0 spiro atoms. The second kappa shape index (κ2) is 27.6. The topological polar surface area (TPSA) is 74.2 Å². The van der Waals surface area contributed by atoms with Crippen molar-refractivity contribution in [2.45, 2.75) is 48.5 Å². The third kappa shape index (κ3) is 27.6. The number of aliphatic imine (C=N–C) groups is 1. The number of carboxylic acids is 1. The Balaban J connectivity index is -0.000000179. The Morgan fingerprint density at radius 3 is 1.74 bits per heavy atom. The van der Waals surface area contributed by atoms with Crippen LogP contribution in [0, 0.1) is 0 Å². The zero-order valence-corrected chi connectivity index (χ0v) is 21.4. The number of nitrogens with zero attached hydrogens (tertiary/aromatic N) is 2. The van der Waals surface area contributed by atoms with Crippen LogP contribution in [-0.4, -0.2) is 62.6 Å². The Kier molecular flexibility index (Phi) is 32.0. The van der Waals surface area contributed by atoms with Crippen LogP contribution in [-0.2, 0) is 9.53 Å². The summed E-state index contributed by atoms with van der Waals surface area (Å²) in [6, 6.07) is 0. The van der Waals surface area contributed by atoms with Crippen molar-refractivity contribution >= 4 is 12.2 Å². The number of carbonyl (C=O) groups is 1. The van der Waals surface area contributed by atoms with Crippen LogP contribution >= 0.6 is 0 Å². The molecule has 1 rings (SSSR count). The van der Waals surface area contributed by atoms with Gasteiger partial charge in [-0.05, 0) is 54.3 Å². The Labute approximate surface area is 191 Å². The minimum Gasteiger partial charge on any atom is -0.478 e. The van der Waals surface area contributed by atoms with E-state index in [4.69, 9.17) is 9.84 Å². The lowest BCUT2D eigenvalue weighted by Gasteiger charge is -2.29. The molecular weight excluding hydrogens is 390 g/mol. The van der Waals surface area contributed by atoms with Crippen molar-refractivity contribution in [1.82, 2.24) is 10.2 Å². The van der Waals surface area contributed by atoms with E-state index in [1.807, 2.05) is 80.1 Å². The quantitative estimate of drug-likeness (QED) is 0.339. The van der Waals surface area contributed by atoms with E-state index in [2.05, 4.69) is 34.9 Å². The van der Waals surface area contributed by atoms with Gasteiger partial charge in [-0.1, -0.05) is 57.4 Å². The molecule has 180 valence electrons. The van der Waals surface area contributed by atoms with Crippen molar-refractivity contribution in [3.63, 3.8) is 0 Å². The molecule has 2 N–H and O–H groups in total. The number of carboxylic acid groups (broad SMARTS) is 1. The van der Waals surface area contributed by atoms with Crippen LogP contribution in [0.5, 0.6) is 0 Å². The lowest BCUT2D eigenvalue weighted by Crippen LogP contribution is -2.35. The van der Waals surface area contributed by atoms with Gasteiger partial charge in [0.2, 0.25) is 0 Å². The van der Waals surface area contributed by atoms with E-state index in [0.29, 0.717) is 0 Å². The number of hydrogen-bond donors (Lipinski definition) is 2. The highest BCUT2D eigenvalue weighted by atomic mass is 16.5. The zero-order chi connectivity index (χ0) is 25.2. The van der Waals surface area contributed by atoms with Crippen molar-refractivity contribution in [3.8, 4) is 0 Å². The smallest absolute Gasteiger partial charge is 0.330 e. The molecular formula is C25H47N3O3. The molecule has 0 aromatic carbocycles. The molecule has 0 radical (unpaired) electrons. The van der Waals surface area contributed by atoms with Gasteiger partial charge in [0.05, 0.1) is 13.2 Å². The molecule has 0 aliphatic carbocycles. The Morgan fingerprint density at radius 2 is 1.52 bits per heavy atom. The van der Waals surface area contributed by atoms with E-state index in [-0.39, 0.29) is 5.57 Å². The minimum absolute atomic E-state index is 0.176. The predicted octanol–water partition coefficient (Wildman–Crippen LogP) is 5.47. The number of allylic oxidation sites excluding steroid dienone is 5. The summed E-state index contributed by atoms with van der Waals surface area (Å²) < 4.78 is 5.30. The molecule has 1 aliphatic heterocycles. The molecule has 6 nitrogen and oxygen atoms in total. The van der Waals surface area contributed by atoms with Gasteiger partial charge in [0.15, 0.2) is 0 Å². The van der Waals surface area contributed by atoms with Crippen LogP contribution in [0.2, 0.25) is 0 Å². The van der Waals surface area contributed by atoms with Crippen LogP contribution in [0.1, 0.15) is 48.5 Å². The summed E-state index contributed by atoms with van der Waals surface area (Å²) >= 11 is 0. The second-order valence-electron chi connectivity index (χ2n) is 6.13. The fourth-order valence-electron chi connectivity index (χ4n) is 1.71. The monoisotopic (exact) mass is 437 g/mol. The Morgan fingerprint density at radius 1 is 1.10 bits per heavy atom. The minimum atomic E-state index is -0.935. The van der Waals surface area contributed by atoms with Gasteiger partial charge in [0.1, 0.15) is 5.82 Å². The third-order valence-corrected chi connectivity index (χ3v) is 3.04.